The lowest BCUT2D eigenvalue weighted by Crippen LogP contribution is -2.12. The summed E-state index contributed by atoms with van der Waals surface area (Å²) in [5.41, 5.74) is 0.768. The Morgan fingerprint density at radius 3 is 2.50 bits per heavy atom. The maximum absolute atomic E-state index is 12.9. The molecule has 1 heterocycles. The Kier molecular flexibility index (Phi) is 3.36. The summed E-state index contributed by atoms with van der Waals surface area (Å²) in [7, 11) is 0. The smallest absolute Gasteiger partial charge is 0.257 e. The number of hydrogen-bond donors (Lipinski definition) is 2. The van der Waals surface area contributed by atoms with Crippen molar-refractivity contribution in [3.8, 4) is 0 Å². The Hall–Kier alpha value is -2.24. The third kappa shape index (κ3) is 2.71. The van der Waals surface area contributed by atoms with Crippen molar-refractivity contribution >= 4 is 11.7 Å². The molecule has 6 heteroatoms. The van der Waals surface area contributed by atoms with Crippen molar-refractivity contribution in [3.05, 3.63) is 47.2 Å². The second kappa shape index (κ2) is 4.95. The van der Waals surface area contributed by atoms with Gasteiger partial charge in [0.25, 0.3) is 5.91 Å². The van der Waals surface area contributed by atoms with E-state index in [0.29, 0.717) is 11.9 Å². The van der Waals surface area contributed by atoms with Gasteiger partial charge < -0.3 is 5.32 Å². The summed E-state index contributed by atoms with van der Waals surface area (Å²) < 4.78 is 25.9. The number of nitrogens with zero attached hydrogens (tertiary/aromatic N) is 1. The van der Waals surface area contributed by atoms with Gasteiger partial charge in [-0.25, -0.2) is 8.78 Å². The van der Waals surface area contributed by atoms with Gasteiger partial charge in [-0.2, -0.15) is 5.10 Å². The number of benzene rings is 1. The molecule has 0 aliphatic carbocycles. The Labute approximate surface area is 102 Å². The van der Waals surface area contributed by atoms with Crippen LogP contribution in [-0.2, 0) is 6.42 Å². The molecule has 0 saturated heterocycles. The van der Waals surface area contributed by atoms with E-state index in [1.807, 2.05) is 6.92 Å². The lowest BCUT2D eigenvalue weighted by Gasteiger charge is -2.02. The number of carbonyl (C=O) groups excluding carboxylic acids is 1. The lowest BCUT2D eigenvalue weighted by molar-refractivity contribution is 0.102. The molecule has 18 heavy (non-hydrogen) atoms. The predicted octanol–water partition coefficient (Wildman–Crippen LogP) is 2.50. The van der Waals surface area contributed by atoms with Crippen LogP contribution in [0.2, 0.25) is 0 Å². The van der Waals surface area contributed by atoms with Crippen LogP contribution in [0.3, 0.4) is 0 Å². The first-order valence-electron chi connectivity index (χ1n) is 5.40. The van der Waals surface area contributed by atoms with Gasteiger partial charge in [-0.3, -0.25) is 9.89 Å². The number of aryl methyl sites for hydroxylation is 1. The maximum atomic E-state index is 12.9. The quantitative estimate of drug-likeness (QED) is 0.880. The van der Waals surface area contributed by atoms with Gasteiger partial charge in [0.05, 0.1) is 0 Å². The molecule has 0 bridgehead atoms. The highest BCUT2D eigenvalue weighted by atomic mass is 19.1. The summed E-state index contributed by atoms with van der Waals surface area (Å²) in [5, 5.41) is 9.03. The van der Waals surface area contributed by atoms with Crippen molar-refractivity contribution in [1.29, 1.82) is 0 Å². The number of rotatable bonds is 3. The molecular formula is C12H11F2N3O. The zero-order valence-corrected chi connectivity index (χ0v) is 9.63. The number of H-pyrrole nitrogens is 1. The molecule has 0 saturated carbocycles. The van der Waals surface area contributed by atoms with E-state index in [4.69, 9.17) is 0 Å². The summed E-state index contributed by atoms with van der Waals surface area (Å²) in [4.78, 5) is 11.7. The molecule has 4 nitrogen and oxygen atoms in total. The Morgan fingerprint density at radius 2 is 1.94 bits per heavy atom. The Balaban J connectivity index is 2.16. The fraction of sp³-hybridized carbons (Fsp3) is 0.167. The van der Waals surface area contributed by atoms with Crippen molar-refractivity contribution in [1.82, 2.24) is 10.2 Å². The molecule has 2 aromatic rings. The fourth-order valence-corrected chi connectivity index (χ4v) is 1.48. The van der Waals surface area contributed by atoms with Gasteiger partial charge >= 0.3 is 0 Å². The average molecular weight is 251 g/mol. The molecule has 94 valence electrons. The number of hydrogen-bond acceptors (Lipinski definition) is 2. The van der Waals surface area contributed by atoms with Gasteiger partial charge in [0.15, 0.2) is 5.82 Å². The molecule has 0 atom stereocenters. The SMILES string of the molecule is CCc1cc(NC(=O)c2cc(F)cc(F)c2)n[nH]1. The van der Waals surface area contributed by atoms with Crippen LogP contribution in [0.4, 0.5) is 14.6 Å². The third-order valence-electron chi connectivity index (χ3n) is 2.38. The van der Waals surface area contributed by atoms with Crippen molar-refractivity contribution in [2.24, 2.45) is 0 Å². The zero-order chi connectivity index (χ0) is 13.1. The molecule has 0 fully saturated rings. The van der Waals surface area contributed by atoms with Crippen LogP contribution < -0.4 is 5.32 Å². The lowest BCUT2D eigenvalue weighted by atomic mass is 10.2. The molecule has 0 radical (unpaired) electrons. The molecule has 2 rings (SSSR count). The van der Waals surface area contributed by atoms with Crippen molar-refractivity contribution in [2.45, 2.75) is 13.3 Å². The molecule has 2 N–H and O–H groups in total. The minimum atomic E-state index is -0.795. The third-order valence-corrected chi connectivity index (χ3v) is 2.38. The summed E-state index contributed by atoms with van der Waals surface area (Å²) >= 11 is 0. The van der Waals surface area contributed by atoms with Crippen LogP contribution in [0.15, 0.2) is 24.3 Å². The van der Waals surface area contributed by atoms with Crippen molar-refractivity contribution in [2.75, 3.05) is 5.32 Å². The topological polar surface area (TPSA) is 57.8 Å². The van der Waals surface area contributed by atoms with Crippen molar-refractivity contribution in [3.63, 3.8) is 0 Å². The van der Waals surface area contributed by atoms with Gasteiger partial charge in [0, 0.05) is 23.4 Å². The number of aromatic nitrogens is 2. The van der Waals surface area contributed by atoms with Crippen LogP contribution in [0.1, 0.15) is 23.0 Å². The van der Waals surface area contributed by atoms with E-state index in [0.717, 1.165) is 24.2 Å². The highest BCUT2D eigenvalue weighted by Gasteiger charge is 2.11. The second-order valence-corrected chi connectivity index (χ2v) is 3.74. The van der Waals surface area contributed by atoms with E-state index in [1.54, 1.807) is 6.07 Å². The van der Waals surface area contributed by atoms with Gasteiger partial charge in [0.1, 0.15) is 11.6 Å². The Bertz CT molecular complexity index is 560. The normalized spacial score (nSPS) is 10.4. The molecule has 0 aliphatic rings. The first-order valence-corrected chi connectivity index (χ1v) is 5.40. The molecule has 0 spiro atoms. The number of carbonyl (C=O) groups is 1. The minimum absolute atomic E-state index is 0.0893. The van der Waals surface area contributed by atoms with E-state index in [9.17, 15) is 13.6 Å². The van der Waals surface area contributed by atoms with E-state index in [-0.39, 0.29) is 5.56 Å². The predicted molar refractivity (Wildman–Crippen MR) is 62.3 cm³/mol. The van der Waals surface area contributed by atoms with E-state index in [2.05, 4.69) is 15.5 Å². The maximum Gasteiger partial charge on any atom is 0.257 e. The van der Waals surface area contributed by atoms with Crippen LogP contribution in [-0.4, -0.2) is 16.1 Å². The number of aromatic amines is 1. The first-order chi connectivity index (χ1) is 8.58. The standard InChI is InChI=1S/C12H11F2N3O/c1-2-10-6-11(17-16-10)15-12(18)7-3-8(13)5-9(14)4-7/h3-6H,2H2,1H3,(H2,15,16,17,18). The second-order valence-electron chi connectivity index (χ2n) is 3.74. The number of nitrogens with one attached hydrogen (secondary N) is 2. The van der Waals surface area contributed by atoms with E-state index < -0.39 is 17.5 Å². The molecule has 1 amide bonds. The van der Waals surface area contributed by atoms with Crippen molar-refractivity contribution < 1.29 is 13.6 Å². The van der Waals surface area contributed by atoms with Gasteiger partial charge in [0.2, 0.25) is 0 Å². The monoisotopic (exact) mass is 251 g/mol. The molecular weight excluding hydrogens is 240 g/mol. The summed E-state index contributed by atoms with van der Waals surface area (Å²) in [6, 6.07) is 4.30. The molecule has 1 aromatic heterocycles. The van der Waals surface area contributed by atoms with E-state index >= 15 is 0 Å². The number of amides is 1. The fourth-order valence-electron chi connectivity index (χ4n) is 1.48. The zero-order valence-electron chi connectivity index (χ0n) is 9.63. The largest absolute Gasteiger partial charge is 0.305 e. The van der Waals surface area contributed by atoms with E-state index in [1.165, 1.54) is 0 Å². The number of anilines is 1. The van der Waals surface area contributed by atoms with Crippen LogP contribution in [0.25, 0.3) is 0 Å². The Morgan fingerprint density at radius 1 is 1.28 bits per heavy atom. The minimum Gasteiger partial charge on any atom is -0.305 e. The summed E-state index contributed by atoms with van der Waals surface area (Å²) in [5.74, 6) is -1.88. The highest BCUT2D eigenvalue weighted by molar-refractivity contribution is 6.03. The van der Waals surface area contributed by atoms with Crippen LogP contribution in [0.5, 0.6) is 0 Å². The summed E-state index contributed by atoms with van der Waals surface area (Å²) in [6.45, 7) is 1.93. The van der Waals surface area contributed by atoms with Crippen LogP contribution >= 0.6 is 0 Å². The molecule has 0 unspecified atom stereocenters. The molecule has 0 aliphatic heterocycles. The highest BCUT2D eigenvalue weighted by Crippen LogP contribution is 2.11. The molecule has 1 aromatic carbocycles. The number of halogens is 2. The van der Waals surface area contributed by atoms with Crippen LogP contribution in [0, 0.1) is 11.6 Å². The van der Waals surface area contributed by atoms with Gasteiger partial charge in [-0.05, 0) is 18.6 Å². The average Bonchev–Trinajstić information content (AvgIpc) is 2.75. The van der Waals surface area contributed by atoms with Gasteiger partial charge in [-0.15, -0.1) is 0 Å². The first kappa shape index (κ1) is 12.2. The van der Waals surface area contributed by atoms with Gasteiger partial charge in [-0.1, -0.05) is 6.92 Å². The summed E-state index contributed by atoms with van der Waals surface area (Å²) in [6.07, 6.45) is 0.747.